The summed E-state index contributed by atoms with van der Waals surface area (Å²) in [6.45, 7) is 0.131. The molecule has 1 unspecified atom stereocenters. The highest BCUT2D eigenvalue weighted by molar-refractivity contribution is 6.31. The number of morpholine rings is 1. The maximum Gasteiger partial charge on any atom is 0.407 e. The maximum atomic E-state index is 14.1. The third-order valence-electron chi connectivity index (χ3n) is 16.8. The number of hydrogen-bond donors (Lipinski definition) is 9. The quantitative estimate of drug-likeness (QED) is 0.0308. The van der Waals surface area contributed by atoms with Gasteiger partial charge in [-0.1, -0.05) is 42.5 Å². The Morgan fingerprint density at radius 1 is 0.845 bits per heavy atom. The lowest BCUT2D eigenvalue weighted by molar-refractivity contribution is -0.261. The first-order valence-corrected chi connectivity index (χ1v) is 28.2. The number of rotatable bonds is 21. The molecule has 84 heavy (non-hydrogen) atoms. The lowest BCUT2D eigenvalue weighted by Crippen LogP contribution is -2.55. The van der Waals surface area contributed by atoms with Gasteiger partial charge in [-0.3, -0.25) is 38.5 Å². The predicted octanol–water partition coefficient (Wildman–Crippen LogP) is 0.323. The fraction of sp³-hybridized carbons (Fsp3) is 0.525. The Morgan fingerprint density at radius 2 is 1.56 bits per heavy atom. The lowest BCUT2D eigenvalue weighted by atomic mass is 9.72. The van der Waals surface area contributed by atoms with Crippen molar-refractivity contribution in [2.24, 2.45) is 17.8 Å². The van der Waals surface area contributed by atoms with Gasteiger partial charge in [-0.05, 0) is 49.1 Å². The summed E-state index contributed by atoms with van der Waals surface area (Å²) < 4.78 is 42.1. The summed E-state index contributed by atoms with van der Waals surface area (Å²) in [5.41, 5.74) is -3.20. The van der Waals surface area contributed by atoms with E-state index in [4.69, 9.17) is 33.2 Å². The maximum absolute atomic E-state index is 14.1. The van der Waals surface area contributed by atoms with Gasteiger partial charge in [0, 0.05) is 74.3 Å². The summed E-state index contributed by atoms with van der Waals surface area (Å²) in [7, 11) is 1.32. The zero-order valence-corrected chi connectivity index (χ0v) is 46.4. The van der Waals surface area contributed by atoms with Gasteiger partial charge in [0.2, 0.25) is 29.4 Å². The summed E-state index contributed by atoms with van der Waals surface area (Å²) >= 11 is 0. The van der Waals surface area contributed by atoms with Crippen molar-refractivity contribution < 1.29 is 91.9 Å². The Kier molecular flexibility index (Phi) is 18.3. The summed E-state index contributed by atoms with van der Waals surface area (Å²) in [5.74, 6) is 1.02. The molecular weight excluding hydrogens is 1100 g/mol. The first-order chi connectivity index (χ1) is 40.5. The van der Waals surface area contributed by atoms with Gasteiger partial charge >= 0.3 is 6.09 Å². The second kappa shape index (κ2) is 25.8. The van der Waals surface area contributed by atoms with Crippen LogP contribution in [0.4, 0.5) is 4.79 Å². The molecule has 12 atom stereocenters. The monoisotopic (exact) mass is 1160 g/mol. The molecule has 10 rings (SSSR count). The first kappa shape index (κ1) is 59.6. The smallest absolute Gasteiger partial charge is 0.407 e. The molecule has 5 amide bonds. The van der Waals surface area contributed by atoms with Gasteiger partial charge in [0.25, 0.3) is 0 Å². The number of phenols is 2. The normalized spacial score (nSPS) is 27.6. The van der Waals surface area contributed by atoms with Gasteiger partial charge in [0.1, 0.15) is 48.1 Å². The van der Waals surface area contributed by atoms with Gasteiger partial charge in [-0.15, -0.1) is 11.8 Å². The van der Waals surface area contributed by atoms with E-state index in [1.807, 2.05) is 4.90 Å². The number of benzene rings is 3. The Balaban J connectivity index is 0.697. The van der Waals surface area contributed by atoms with Crippen LogP contribution in [0.2, 0.25) is 0 Å². The van der Waals surface area contributed by atoms with Crippen LogP contribution in [-0.4, -0.2) is 187 Å². The third-order valence-corrected chi connectivity index (χ3v) is 16.8. The van der Waals surface area contributed by atoms with E-state index in [-0.39, 0.29) is 79.2 Å². The van der Waals surface area contributed by atoms with Crippen molar-refractivity contribution in [3.63, 3.8) is 0 Å². The molecule has 25 heteroatoms. The summed E-state index contributed by atoms with van der Waals surface area (Å²) in [5, 5.41) is 58.1. The number of ether oxygens (including phenoxy) is 7. The Bertz CT molecular complexity index is 3110. The fourth-order valence-corrected chi connectivity index (χ4v) is 12.6. The molecule has 3 aliphatic heterocycles. The summed E-state index contributed by atoms with van der Waals surface area (Å²) in [6, 6.07) is 11.7. The van der Waals surface area contributed by atoms with E-state index in [2.05, 4.69) is 38.4 Å². The SMILES string of the molecule is COc1cccc2c1C(=O)c1c(O)c3c(c(O)c1C2=O)C[C@@](O)(C(=O)CO)C[C@@H]3O[C@H]1C[C@H]2[C@H](O[C@@H]3[C@@H](OCCNC(=O)CNC(=O)[C@H](Cc4ccccc4)NC(=O)CNC(=O)CNC(=O)OCC4[C@H]5CCC#CCC[C@@H]45)OCCN32)[C@H](C)O1. The van der Waals surface area contributed by atoms with Crippen LogP contribution in [0.1, 0.15) is 100 Å². The van der Waals surface area contributed by atoms with Gasteiger partial charge in [-0.25, -0.2) is 4.79 Å². The number of hydrogen-bond acceptors (Lipinski definition) is 20. The molecule has 1 saturated carbocycles. The molecule has 9 N–H and O–H groups in total. The molecule has 7 aliphatic rings. The van der Waals surface area contributed by atoms with E-state index in [1.165, 1.54) is 25.3 Å². The number of nitrogens with one attached hydrogen (secondary N) is 5. The highest BCUT2D eigenvalue weighted by Crippen LogP contribution is 2.54. The van der Waals surface area contributed by atoms with Crippen molar-refractivity contribution in [3.05, 3.63) is 87.5 Å². The van der Waals surface area contributed by atoms with Crippen LogP contribution in [0.15, 0.2) is 48.5 Å². The summed E-state index contributed by atoms with van der Waals surface area (Å²) in [6.07, 6.45) is -3.44. The number of Topliss-reactive ketones (excluding diaryl/α,β-unsaturated/α-hetero) is 1. The van der Waals surface area contributed by atoms with Crippen molar-refractivity contribution in [3.8, 4) is 29.1 Å². The minimum atomic E-state index is -2.33. The van der Waals surface area contributed by atoms with Crippen LogP contribution >= 0.6 is 0 Å². The lowest BCUT2D eigenvalue weighted by Gasteiger charge is -2.43. The number of phenolic OH excluding ortho intramolecular Hbond substituents is 2. The molecule has 3 saturated heterocycles. The van der Waals surface area contributed by atoms with Crippen molar-refractivity contribution in [2.45, 2.75) is 113 Å². The number of carbonyl (C=O) groups excluding carboxylic acids is 8. The molecule has 0 aromatic heterocycles. The van der Waals surface area contributed by atoms with Crippen molar-refractivity contribution in [2.75, 3.05) is 66.3 Å². The molecule has 3 aromatic rings. The molecule has 4 aliphatic carbocycles. The van der Waals surface area contributed by atoms with Crippen molar-refractivity contribution >= 4 is 47.1 Å². The molecule has 448 valence electrons. The standard InChI is InChI=1S/C59H68N6O19/c1-30-54-38(22-45(82-30)83-40-24-59(77,41(67)28-66)23-35-47(40)53(74)49-48(51(35)72)50(71)34-15-10-16-39(78-2)46(34)52(49)73)65-18-20-80-57(56(65)84-54)79-19-17-60-42(68)25-62-55(75)37(21-31-11-6-5-7-12-31)64-44(70)27-61-43(69)26-63-58(76)81-29-36-32-13-8-3-4-9-14-33(32)36/h5-7,10-12,15-16,30,32-33,36-38,40,45,54,56-57,66,72,74,77H,8-9,13-14,17-29H2,1-2H3,(H,60,68)(H,61,69)(H,62,75)(H,63,76)(H,64,70)/t30-,32-,33+,36?,37-,38-,40-,45-,54+,56+,57-,59-/m0/s1. The molecule has 0 bridgehead atoms. The number of carbonyl (C=O) groups is 8. The van der Waals surface area contributed by atoms with Crippen molar-refractivity contribution in [1.82, 2.24) is 31.5 Å². The predicted molar refractivity (Wildman–Crippen MR) is 290 cm³/mol. The first-order valence-electron chi connectivity index (χ1n) is 28.2. The molecular formula is C59H68N6O19. The van der Waals surface area contributed by atoms with Crippen LogP contribution in [0.5, 0.6) is 17.2 Å². The molecule has 4 fully saturated rings. The van der Waals surface area contributed by atoms with Crippen LogP contribution in [0.25, 0.3) is 0 Å². The van der Waals surface area contributed by atoms with Gasteiger partial charge in [0.15, 0.2) is 30.4 Å². The largest absolute Gasteiger partial charge is 0.507 e. The van der Waals surface area contributed by atoms with E-state index in [9.17, 15) is 58.8 Å². The van der Waals surface area contributed by atoms with Crippen LogP contribution in [0, 0.1) is 29.6 Å². The van der Waals surface area contributed by atoms with E-state index < -0.39 is 158 Å². The zero-order valence-electron chi connectivity index (χ0n) is 46.4. The number of methoxy groups -OCH3 is 1. The molecule has 3 aromatic carbocycles. The Morgan fingerprint density at radius 3 is 2.30 bits per heavy atom. The highest BCUT2D eigenvalue weighted by Gasteiger charge is 2.56. The number of nitrogens with zero attached hydrogens (tertiary/aromatic N) is 1. The average molecular weight is 1170 g/mol. The van der Waals surface area contributed by atoms with E-state index in [1.54, 1.807) is 37.3 Å². The minimum Gasteiger partial charge on any atom is -0.507 e. The molecule has 3 heterocycles. The number of aromatic hydroxyl groups is 2. The number of ketones is 3. The second-order valence-electron chi connectivity index (χ2n) is 21.9. The zero-order chi connectivity index (χ0) is 59.4. The number of aliphatic hydroxyl groups is 2. The Hall–Kier alpha value is -7.54. The minimum absolute atomic E-state index is 0.00325. The topological polar surface area (TPSA) is 345 Å². The number of alkyl carbamates (subject to hydrolysis) is 1. The van der Waals surface area contributed by atoms with Crippen LogP contribution < -0.4 is 31.3 Å². The van der Waals surface area contributed by atoms with E-state index in [0.717, 1.165) is 25.7 Å². The van der Waals surface area contributed by atoms with Crippen LogP contribution in [-0.2, 0) is 65.2 Å². The summed E-state index contributed by atoms with van der Waals surface area (Å²) in [4.78, 5) is 108. The molecule has 0 radical (unpaired) electrons. The average Bonchev–Trinajstić information content (AvgIpc) is 1.12. The number of aliphatic hydroxyl groups excluding tert-OH is 1. The molecule has 25 nitrogen and oxygen atoms in total. The van der Waals surface area contributed by atoms with Crippen molar-refractivity contribution in [1.29, 1.82) is 0 Å². The number of amides is 5. The van der Waals surface area contributed by atoms with E-state index in [0.29, 0.717) is 23.9 Å². The van der Waals surface area contributed by atoms with Gasteiger partial charge in [-0.2, -0.15) is 0 Å². The van der Waals surface area contributed by atoms with E-state index >= 15 is 0 Å². The highest BCUT2D eigenvalue weighted by atomic mass is 16.7. The van der Waals surface area contributed by atoms with Gasteiger partial charge in [0.05, 0.1) is 68.9 Å². The Labute approximate surface area is 482 Å². The van der Waals surface area contributed by atoms with Crippen LogP contribution in [0.3, 0.4) is 0 Å². The fourth-order valence-electron chi connectivity index (χ4n) is 12.6. The third kappa shape index (κ3) is 12.6. The molecule has 0 spiro atoms. The number of fused-ring (bicyclic) bond motifs is 7. The van der Waals surface area contributed by atoms with Gasteiger partial charge < -0.3 is 80.2 Å². The second-order valence-corrected chi connectivity index (χ2v) is 21.9.